The van der Waals surface area contributed by atoms with E-state index in [1.165, 1.54) is 0 Å². The first-order valence-corrected chi connectivity index (χ1v) is 7.35. The summed E-state index contributed by atoms with van der Waals surface area (Å²) in [5, 5.41) is 0. The number of carbonyl (C=O) groups excluding carboxylic acids is 1. The third-order valence-corrected chi connectivity index (χ3v) is 4.60. The van der Waals surface area contributed by atoms with Gasteiger partial charge in [0.1, 0.15) is 0 Å². The van der Waals surface area contributed by atoms with Gasteiger partial charge in [-0.2, -0.15) is 0 Å². The van der Waals surface area contributed by atoms with Gasteiger partial charge in [-0.1, -0.05) is 11.8 Å². The molecule has 0 unspecified atom stereocenters. The number of carbonyl (C=O) groups is 1. The molecule has 0 atom stereocenters. The molecule has 0 radical (unpaired) electrons. The third kappa shape index (κ3) is 3.14. The van der Waals surface area contributed by atoms with Crippen LogP contribution in [0.2, 0.25) is 0 Å². The van der Waals surface area contributed by atoms with Crippen molar-refractivity contribution < 1.29 is 4.79 Å². The van der Waals surface area contributed by atoms with E-state index in [2.05, 4.69) is 4.98 Å². The highest BCUT2D eigenvalue weighted by atomic mass is 32.2. The molecule has 2 N–H and O–H groups in total. The van der Waals surface area contributed by atoms with Gasteiger partial charge < -0.3 is 10.6 Å². The van der Waals surface area contributed by atoms with Gasteiger partial charge in [0.15, 0.2) is 4.34 Å². The standard InChI is InChI=1S/C12H15N3OS2/c1-15(2)11(16)5-6-17-12-14-9-4-3-8(13)7-10(9)18-12/h3-4,7H,5-6,13H2,1-2H3. The van der Waals surface area contributed by atoms with Gasteiger partial charge >= 0.3 is 0 Å². The van der Waals surface area contributed by atoms with Crippen LogP contribution in [0.1, 0.15) is 6.42 Å². The summed E-state index contributed by atoms with van der Waals surface area (Å²) >= 11 is 3.24. The fourth-order valence-corrected chi connectivity index (χ4v) is 3.55. The van der Waals surface area contributed by atoms with E-state index in [4.69, 9.17) is 5.73 Å². The minimum absolute atomic E-state index is 0.146. The number of anilines is 1. The Labute approximate surface area is 114 Å². The molecule has 0 saturated heterocycles. The molecule has 0 saturated carbocycles. The number of hydrogen-bond donors (Lipinski definition) is 1. The maximum absolute atomic E-state index is 11.4. The van der Waals surface area contributed by atoms with Gasteiger partial charge in [0.2, 0.25) is 5.91 Å². The van der Waals surface area contributed by atoms with Crippen LogP contribution in [0.15, 0.2) is 22.5 Å². The summed E-state index contributed by atoms with van der Waals surface area (Å²) in [5.41, 5.74) is 7.45. The van der Waals surface area contributed by atoms with E-state index < -0.39 is 0 Å². The number of thioether (sulfide) groups is 1. The molecule has 0 aliphatic rings. The number of nitrogens with two attached hydrogens (primary N) is 1. The Morgan fingerprint density at radius 2 is 2.28 bits per heavy atom. The van der Waals surface area contributed by atoms with Crippen LogP contribution in [0.4, 0.5) is 5.69 Å². The molecular formula is C12H15N3OS2. The highest BCUT2D eigenvalue weighted by Crippen LogP contribution is 2.30. The number of nitrogen functional groups attached to an aromatic ring is 1. The van der Waals surface area contributed by atoms with Gasteiger partial charge in [0.05, 0.1) is 10.2 Å². The van der Waals surface area contributed by atoms with E-state index in [1.54, 1.807) is 42.1 Å². The number of fused-ring (bicyclic) bond motifs is 1. The zero-order valence-electron chi connectivity index (χ0n) is 10.3. The molecule has 0 aliphatic heterocycles. The minimum Gasteiger partial charge on any atom is -0.399 e. The SMILES string of the molecule is CN(C)C(=O)CCSc1nc2ccc(N)cc2s1. The second-order valence-corrected chi connectivity index (χ2v) is 6.47. The number of benzene rings is 1. The molecule has 96 valence electrons. The number of aromatic nitrogens is 1. The van der Waals surface area contributed by atoms with Crippen molar-refractivity contribution in [3.8, 4) is 0 Å². The fraction of sp³-hybridized carbons (Fsp3) is 0.333. The van der Waals surface area contributed by atoms with Crippen molar-refractivity contribution >= 4 is 44.9 Å². The largest absolute Gasteiger partial charge is 0.399 e. The number of thiazole rings is 1. The van der Waals surface area contributed by atoms with E-state index in [9.17, 15) is 4.79 Å². The van der Waals surface area contributed by atoms with Crippen molar-refractivity contribution in [3.63, 3.8) is 0 Å². The summed E-state index contributed by atoms with van der Waals surface area (Å²) in [6.45, 7) is 0. The number of amides is 1. The molecule has 0 bridgehead atoms. The first-order valence-electron chi connectivity index (χ1n) is 5.55. The highest BCUT2D eigenvalue weighted by Gasteiger charge is 2.07. The fourth-order valence-electron chi connectivity index (χ4n) is 1.43. The van der Waals surface area contributed by atoms with Crippen LogP contribution >= 0.6 is 23.1 Å². The van der Waals surface area contributed by atoms with Crippen molar-refractivity contribution in [3.05, 3.63) is 18.2 Å². The van der Waals surface area contributed by atoms with Crippen molar-refractivity contribution in [1.82, 2.24) is 9.88 Å². The molecule has 2 aromatic rings. The van der Waals surface area contributed by atoms with E-state index in [0.717, 1.165) is 26.0 Å². The van der Waals surface area contributed by atoms with Crippen LogP contribution in [-0.4, -0.2) is 35.6 Å². The highest BCUT2D eigenvalue weighted by molar-refractivity contribution is 8.01. The first kappa shape index (κ1) is 13.2. The number of hydrogen-bond acceptors (Lipinski definition) is 5. The normalized spacial score (nSPS) is 10.8. The van der Waals surface area contributed by atoms with Gasteiger partial charge in [-0.15, -0.1) is 11.3 Å². The molecule has 0 aliphatic carbocycles. The number of rotatable bonds is 4. The van der Waals surface area contributed by atoms with E-state index >= 15 is 0 Å². The van der Waals surface area contributed by atoms with Gasteiger partial charge in [-0.25, -0.2) is 4.98 Å². The van der Waals surface area contributed by atoms with Gasteiger partial charge in [-0.05, 0) is 18.2 Å². The second-order valence-electron chi connectivity index (χ2n) is 4.09. The molecule has 1 aromatic carbocycles. The van der Waals surface area contributed by atoms with Gasteiger partial charge in [-0.3, -0.25) is 4.79 Å². The van der Waals surface area contributed by atoms with Crippen molar-refractivity contribution in [2.75, 3.05) is 25.6 Å². The maximum Gasteiger partial charge on any atom is 0.222 e. The lowest BCUT2D eigenvalue weighted by molar-refractivity contribution is -0.128. The minimum atomic E-state index is 0.146. The smallest absolute Gasteiger partial charge is 0.222 e. The molecule has 0 spiro atoms. The van der Waals surface area contributed by atoms with Crippen molar-refractivity contribution in [1.29, 1.82) is 0 Å². The Bertz CT molecular complexity index is 565. The molecule has 2 rings (SSSR count). The Hall–Kier alpha value is -1.27. The summed E-state index contributed by atoms with van der Waals surface area (Å²) < 4.78 is 2.08. The Kier molecular flexibility index (Phi) is 4.08. The van der Waals surface area contributed by atoms with Crippen LogP contribution in [0.3, 0.4) is 0 Å². The lowest BCUT2D eigenvalue weighted by atomic mass is 10.3. The van der Waals surface area contributed by atoms with E-state index in [0.29, 0.717) is 6.42 Å². The Morgan fingerprint density at radius 3 is 3.00 bits per heavy atom. The van der Waals surface area contributed by atoms with Crippen molar-refractivity contribution in [2.24, 2.45) is 0 Å². The monoisotopic (exact) mass is 281 g/mol. The van der Waals surface area contributed by atoms with Crippen LogP contribution in [0.5, 0.6) is 0 Å². The van der Waals surface area contributed by atoms with Crippen molar-refractivity contribution in [2.45, 2.75) is 10.8 Å². The van der Waals surface area contributed by atoms with Gasteiger partial charge in [0.25, 0.3) is 0 Å². The summed E-state index contributed by atoms with van der Waals surface area (Å²) in [6.07, 6.45) is 0.537. The summed E-state index contributed by atoms with van der Waals surface area (Å²) in [4.78, 5) is 17.5. The Balaban J connectivity index is 1.98. The van der Waals surface area contributed by atoms with E-state index in [1.807, 2.05) is 18.2 Å². The van der Waals surface area contributed by atoms with E-state index in [-0.39, 0.29) is 5.91 Å². The topological polar surface area (TPSA) is 59.2 Å². The summed E-state index contributed by atoms with van der Waals surface area (Å²) in [6, 6.07) is 5.71. The molecule has 1 aromatic heterocycles. The first-order chi connectivity index (χ1) is 8.56. The molecule has 6 heteroatoms. The van der Waals surface area contributed by atoms with Crippen LogP contribution in [0, 0.1) is 0 Å². The maximum atomic E-state index is 11.4. The summed E-state index contributed by atoms with van der Waals surface area (Å²) in [5.74, 6) is 0.902. The quantitative estimate of drug-likeness (QED) is 0.691. The lowest BCUT2D eigenvalue weighted by Gasteiger charge is -2.08. The molecule has 1 heterocycles. The molecule has 18 heavy (non-hydrogen) atoms. The third-order valence-electron chi connectivity index (χ3n) is 2.43. The zero-order chi connectivity index (χ0) is 13.1. The predicted octanol–water partition coefficient (Wildman–Crippen LogP) is 2.45. The molecular weight excluding hydrogens is 266 g/mol. The molecule has 0 fully saturated rings. The van der Waals surface area contributed by atoms with Gasteiger partial charge in [0, 0.05) is 32.0 Å². The lowest BCUT2D eigenvalue weighted by Crippen LogP contribution is -2.21. The average Bonchev–Trinajstić information content (AvgIpc) is 2.70. The van der Waals surface area contributed by atoms with Crippen LogP contribution < -0.4 is 5.73 Å². The molecule has 1 amide bonds. The molecule has 4 nitrogen and oxygen atoms in total. The summed E-state index contributed by atoms with van der Waals surface area (Å²) in [7, 11) is 3.54. The van der Waals surface area contributed by atoms with Crippen LogP contribution in [0.25, 0.3) is 10.2 Å². The predicted molar refractivity (Wildman–Crippen MR) is 78.1 cm³/mol. The Morgan fingerprint density at radius 1 is 1.50 bits per heavy atom. The zero-order valence-corrected chi connectivity index (χ0v) is 12.0. The number of nitrogens with zero attached hydrogens (tertiary/aromatic N) is 2. The van der Waals surface area contributed by atoms with Crippen LogP contribution in [-0.2, 0) is 4.79 Å². The second kappa shape index (κ2) is 5.58. The average molecular weight is 281 g/mol.